The topological polar surface area (TPSA) is 21.3 Å². The van der Waals surface area contributed by atoms with E-state index in [2.05, 4.69) is 72.2 Å². The summed E-state index contributed by atoms with van der Waals surface area (Å²) < 4.78 is 8.86. The SMILES string of the molecule is CCNC(COc1c(Br)cc(Br)cc1Br)c1ccccc1. The van der Waals surface area contributed by atoms with Crippen molar-refractivity contribution in [3.63, 3.8) is 0 Å². The summed E-state index contributed by atoms with van der Waals surface area (Å²) in [6, 6.07) is 14.5. The third kappa shape index (κ3) is 4.81. The Bertz CT molecular complexity index is 566. The van der Waals surface area contributed by atoms with E-state index >= 15 is 0 Å². The molecule has 2 aromatic rings. The molecule has 0 amide bonds. The van der Waals surface area contributed by atoms with Gasteiger partial charge in [0, 0.05) is 4.47 Å². The average molecular weight is 478 g/mol. The Balaban J connectivity index is 2.13. The Morgan fingerprint density at radius 3 is 2.24 bits per heavy atom. The highest BCUT2D eigenvalue weighted by Gasteiger charge is 2.14. The van der Waals surface area contributed by atoms with Gasteiger partial charge in [-0.15, -0.1) is 0 Å². The highest BCUT2D eigenvalue weighted by atomic mass is 79.9. The molecular weight excluding hydrogens is 462 g/mol. The van der Waals surface area contributed by atoms with Gasteiger partial charge < -0.3 is 10.1 Å². The lowest BCUT2D eigenvalue weighted by Crippen LogP contribution is -2.26. The van der Waals surface area contributed by atoms with Crippen molar-refractivity contribution in [3.8, 4) is 5.75 Å². The summed E-state index contributed by atoms with van der Waals surface area (Å²) in [5, 5.41) is 3.45. The van der Waals surface area contributed by atoms with Crippen LogP contribution in [0.4, 0.5) is 0 Å². The van der Waals surface area contributed by atoms with Crippen molar-refractivity contribution in [3.05, 3.63) is 61.4 Å². The largest absolute Gasteiger partial charge is 0.489 e. The van der Waals surface area contributed by atoms with Crippen LogP contribution in [-0.2, 0) is 0 Å². The number of rotatable bonds is 6. The summed E-state index contributed by atoms with van der Waals surface area (Å²) in [6.07, 6.45) is 0. The van der Waals surface area contributed by atoms with Gasteiger partial charge in [0.2, 0.25) is 0 Å². The second kappa shape index (κ2) is 8.32. The minimum absolute atomic E-state index is 0.165. The van der Waals surface area contributed by atoms with E-state index in [1.54, 1.807) is 0 Å². The summed E-state index contributed by atoms with van der Waals surface area (Å²) in [5.74, 6) is 0.817. The second-order valence-corrected chi connectivity index (χ2v) is 7.15. The van der Waals surface area contributed by atoms with Gasteiger partial charge in [0.05, 0.1) is 15.0 Å². The highest BCUT2D eigenvalue weighted by molar-refractivity contribution is 9.11. The number of likely N-dealkylation sites (N-methyl/N-ethyl adjacent to an activating group) is 1. The molecule has 21 heavy (non-hydrogen) atoms. The Hall–Kier alpha value is -0.360. The number of halogens is 3. The Morgan fingerprint density at radius 1 is 1.05 bits per heavy atom. The number of hydrogen-bond donors (Lipinski definition) is 1. The van der Waals surface area contributed by atoms with E-state index in [0.29, 0.717) is 6.61 Å². The van der Waals surface area contributed by atoms with Crippen molar-refractivity contribution >= 4 is 47.8 Å². The first-order chi connectivity index (χ1) is 10.1. The van der Waals surface area contributed by atoms with Gasteiger partial charge >= 0.3 is 0 Å². The summed E-state index contributed by atoms with van der Waals surface area (Å²) in [7, 11) is 0. The summed E-state index contributed by atoms with van der Waals surface area (Å²) >= 11 is 10.5. The predicted octanol–water partition coefficient (Wildman–Crippen LogP) is 5.70. The van der Waals surface area contributed by atoms with Crippen LogP contribution in [0.3, 0.4) is 0 Å². The van der Waals surface area contributed by atoms with Crippen molar-refractivity contribution < 1.29 is 4.74 Å². The first-order valence-corrected chi connectivity index (χ1v) is 9.05. The molecule has 1 unspecified atom stereocenters. The second-order valence-electron chi connectivity index (χ2n) is 4.53. The molecule has 1 atom stereocenters. The van der Waals surface area contributed by atoms with E-state index in [9.17, 15) is 0 Å². The fourth-order valence-electron chi connectivity index (χ4n) is 2.04. The van der Waals surface area contributed by atoms with Crippen molar-refractivity contribution in [1.29, 1.82) is 0 Å². The molecule has 0 bridgehead atoms. The zero-order valence-corrected chi connectivity index (χ0v) is 16.3. The number of benzene rings is 2. The van der Waals surface area contributed by atoms with Crippen LogP contribution in [0, 0.1) is 0 Å². The van der Waals surface area contributed by atoms with Gasteiger partial charge in [0.15, 0.2) is 0 Å². The van der Waals surface area contributed by atoms with Crippen LogP contribution in [0.2, 0.25) is 0 Å². The minimum Gasteiger partial charge on any atom is -0.489 e. The monoisotopic (exact) mass is 475 g/mol. The standard InChI is InChI=1S/C16H16Br3NO/c1-2-20-15(11-6-4-3-5-7-11)10-21-16-13(18)8-12(17)9-14(16)19/h3-9,15,20H,2,10H2,1H3. The average Bonchev–Trinajstić information content (AvgIpc) is 2.46. The van der Waals surface area contributed by atoms with Gasteiger partial charge in [0.1, 0.15) is 12.4 Å². The lowest BCUT2D eigenvalue weighted by atomic mass is 10.1. The predicted molar refractivity (Wildman–Crippen MR) is 97.9 cm³/mol. The molecular formula is C16H16Br3NO. The molecule has 2 nitrogen and oxygen atoms in total. The van der Waals surface area contributed by atoms with E-state index in [1.807, 2.05) is 30.3 Å². The Morgan fingerprint density at radius 2 is 1.67 bits per heavy atom. The third-order valence-corrected chi connectivity index (χ3v) is 4.65. The molecule has 1 N–H and O–H groups in total. The van der Waals surface area contributed by atoms with Gasteiger partial charge in [-0.05, 0) is 56.1 Å². The smallest absolute Gasteiger partial charge is 0.147 e. The number of hydrogen-bond acceptors (Lipinski definition) is 2. The normalized spacial score (nSPS) is 12.2. The number of nitrogens with one attached hydrogen (secondary N) is 1. The van der Waals surface area contributed by atoms with Crippen LogP contribution >= 0.6 is 47.8 Å². The number of ether oxygens (including phenoxy) is 1. The van der Waals surface area contributed by atoms with Gasteiger partial charge in [-0.2, -0.15) is 0 Å². The molecule has 5 heteroatoms. The Kier molecular flexibility index (Phi) is 6.74. The first-order valence-electron chi connectivity index (χ1n) is 6.67. The van der Waals surface area contributed by atoms with E-state index in [1.165, 1.54) is 5.56 Å². The minimum atomic E-state index is 0.165. The highest BCUT2D eigenvalue weighted by Crippen LogP contribution is 2.36. The van der Waals surface area contributed by atoms with Crippen molar-refractivity contribution in [1.82, 2.24) is 5.32 Å². The molecule has 0 saturated heterocycles. The molecule has 2 aromatic carbocycles. The molecule has 0 saturated carbocycles. The van der Waals surface area contributed by atoms with Crippen LogP contribution in [-0.4, -0.2) is 13.2 Å². The quantitative estimate of drug-likeness (QED) is 0.576. The fraction of sp³-hybridized carbons (Fsp3) is 0.250. The van der Waals surface area contributed by atoms with Crippen molar-refractivity contribution in [2.45, 2.75) is 13.0 Å². The van der Waals surface area contributed by atoms with Gasteiger partial charge in [0.25, 0.3) is 0 Å². The molecule has 0 aliphatic heterocycles. The molecule has 0 aromatic heterocycles. The van der Waals surface area contributed by atoms with E-state index in [4.69, 9.17) is 4.74 Å². The van der Waals surface area contributed by atoms with E-state index in [0.717, 1.165) is 25.7 Å². The first kappa shape index (κ1) is 17.0. The van der Waals surface area contributed by atoms with Crippen LogP contribution in [0.1, 0.15) is 18.5 Å². The molecule has 112 valence electrons. The maximum Gasteiger partial charge on any atom is 0.147 e. The van der Waals surface area contributed by atoms with Gasteiger partial charge in [-0.3, -0.25) is 0 Å². The molecule has 0 radical (unpaired) electrons. The van der Waals surface area contributed by atoms with Gasteiger partial charge in [-0.25, -0.2) is 0 Å². The van der Waals surface area contributed by atoms with E-state index in [-0.39, 0.29) is 6.04 Å². The summed E-state index contributed by atoms with van der Waals surface area (Å²) in [6.45, 7) is 3.56. The molecule has 0 spiro atoms. The molecule has 0 aliphatic carbocycles. The van der Waals surface area contributed by atoms with Crippen LogP contribution in [0.15, 0.2) is 55.9 Å². The van der Waals surface area contributed by atoms with Crippen molar-refractivity contribution in [2.24, 2.45) is 0 Å². The zero-order chi connectivity index (χ0) is 15.2. The third-order valence-electron chi connectivity index (χ3n) is 3.01. The lowest BCUT2D eigenvalue weighted by Gasteiger charge is -2.20. The lowest BCUT2D eigenvalue weighted by molar-refractivity contribution is 0.265. The van der Waals surface area contributed by atoms with Crippen molar-refractivity contribution in [2.75, 3.05) is 13.2 Å². The van der Waals surface area contributed by atoms with Crippen LogP contribution in [0.5, 0.6) is 5.75 Å². The summed E-state index contributed by atoms with van der Waals surface area (Å²) in [4.78, 5) is 0. The molecule has 2 rings (SSSR count). The van der Waals surface area contributed by atoms with E-state index < -0.39 is 0 Å². The van der Waals surface area contributed by atoms with Crippen LogP contribution in [0.25, 0.3) is 0 Å². The van der Waals surface area contributed by atoms with Gasteiger partial charge in [-0.1, -0.05) is 53.2 Å². The zero-order valence-electron chi connectivity index (χ0n) is 11.6. The summed E-state index contributed by atoms with van der Waals surface area (Å²) in [5.41, 5.74) is 1.23. The van der Waals surface area contributed by atoms with Crippen LogP contribution < -0.4 is 10.1 Å². The maximum atomic E-state index is 6.01. The Labute approximate surface area is 150 Å². The fourth-order valence-corrected chi connectivity index (χ4v) is 4.53. The maximum absolute atomic E-state index is 6.01. The molecule has 0 fully saturated rings. The molecule has 0 aliphatic rings. The molecule has 0 heterocycles.